The minimum absolute atomic E-state index is 0.0880. The molecule has 0 aliphatic carbocycles. The molecule has 4 heteroatoms. The average molecular weight is 245 g/mol. The Hall–Kier alpha value is -1.81. The van der Waals surface area contributed by atoms with Crippen LogP contribution in [0.15, 0.2) is 36.7 Å². The van der Waals surface area contributed by atoms with E-state index in [0.29, 0.717) is 6.42 Å². The molecule has 0 fully saturated rings. The molecule has 94 valence electrons. The van der Waals surface area contributed by atoms with Crippen LogP contribution in [0.3, 0.4) is 0 Å². The maximum atomic E-state index is 13.1. The van der Waals surface area contributed by atoms with Gasteiger partial charge in [-0.1, -0.05) is 19.1 Å². The van der Waals surface area contributed by atoms with Crippen molar-refractivity contribution >= 4 is 0 Å². The second-order valence-electron chi connectivity index (χ2n) is 4.27. The third-order valence-corrected chi connectivity index (χ3v) is 2.83. The second-order valence-corrected chi connectivity index (χ2v) is 4.27. The Labute approximate surface area is 106 Å². The lowest BCUT2D eigenvalue weighted by Crippen LogP contribution is -2.22. The molecule has 1 aromatic carbocycles. The van der Waals surface area contributed by atoms with Gasteiger partial charge in [0.25, 0.3) is 0 Å². The van der Waals surface area contributed by atoms with Crippen LogP contribution in [0.2, 0.25) is 0 Å². The van der Waals surface area contributed by atoms with Crippen LogP contribution < -0.4 is 5.73 Å². The maximum Gasteiger partial charge on any atom is 0.129 e. The van der Waals surface area contributed by atoms with Crippen LogP contribution in [-0.2, 0) is 6.42 Å². The summed E-state index contributed by atoms with van der Waals surface area (Å²) < 4.78 is 13.1. The van der Waals surface area contributed by atoms with E-state index in [-0.39, 0.29) is 11.9 Å². The van der Waals surface area contributed by atoms with Gasteiger partial charge < -0.3 is 5.73 Å². The summed E-state index contributed by atoms with van der Waals surface area (Å²) in [5.74, 6) is 0.467. The highest BCUT2D eigenvalue weighted by Gasteiger charge is 2.05. The van der Waals surface area contributed by atoms with Gasteiger partial charge >= 0.3 is 0 Å². The molecule has 18 heavy (non-hydrogen) atoms. The van der Waals surface area contributed by atoms with Gasteiger partial charge in [-0.15, -0.1) is 0 Å². The normalized spacial score (nSPS) is 12.4. The molecule has 1 atom stereocenters. The summed E-state index contributed by atoms with van der Waals surface area (Å²) in [6.07, 6.45) is 4.98. The Kier molecular flexibility index (Phi) is 3.99. The number of benzene rings is 1. The van der Waals surface area contributed by atoms with Gasteiger partial charge in [0, 0.05) is 30.4 Å². The monoisotopic (exact) mass is 245 g/mol. The fourth-order valence-electron chi connectivity index (χ4n) is 1.66. The Morgan fingerprint density at radius 3 is 2.56 bits per heavy atom. The maximum absolute atomic E-state index is 13.1. The van der Waals surface area contributed by atoms with Crippen LogP contribution in [0, 0.1) is 5.82 Å². The number of hydrogen-bond donors (Lipinski definition) is 1. The summed E-state index contributed by atoms with van der Waals surface area (Å²) in [5, 5.41) is 0. The fraction of sp³-hybridized carbons (Fsp3) is 0.286. The number of nitrogens with zero attached hydrogens (tertiary/aromatic N) is 2. The van der Waals surface area contributed by atoms with E-state index in [2.05, 4.69) is 9.97 Å². The summed E-state index contributed by atoms with van der Waals surface area (Å²) in [4.78, 5) is 8.52. The van der Waals surface area contributed by atoms with E-state index in [4.69, 9.17) is 5.73 Å². The molecule has 0 spiro atoms. The van der Waals surface area contributed by atoms with Crippen molar-refractivity contribution in [1.29, 1.82) is 0 Å². The predicted octanol–water partition coefficient (Wildman–Crippen LogP) is 2.56. The van der Waals surface area contributed by atoms with E-state index in [1.807, 2.05) is 13.0 Å². The van der Waals surface area contributed by atoms with Crippen molar-refractivity contribution in [3.05, 3.63) is 48.3 Å². The molecular weight excluding hydrogens is 229 g/mol. The molecule has 0 saturated heterocycles. The molecule has 0 bridgehead atoms. The van der Waals surface area contributed by atoms with E-state index in [0.717, 1.165) is 23.4 Å². The van der Waals surface area contributed by atoms with Gasteiger partial charge in [-0.2, -0.15) is 0 Å². The van der Waals surface area contributed by atoms with Gasteiger partial charge in [-0.25, -0.2) is 14.4 Å². The van der Waals surface area contributed by atoms with Crippen molar-refractivity contribution in [2.24, 2.45) is 5.73 Å². The highest BCUT2D eigenvalue weighted by molar-refractivity contribution is 5.61. The molecule has 3 nitrogen and oxygen atoms in total. The van der Waals surface area contributed by atoms with Crippen LogP contribution in [0.1, 0.15) is 19.2 Å². The lowest BCUT2D eigenvalue weighted by atomic mass is 10.1. The molecule has 2 N–H and O–H groups in total. The van der Waals surface area contributed by atoms with E-state index < -0.39 is 0 Å². The summed E-state index contributed by atoms with van der Waals surface area (Å²) in [7, 11) is 0. The van der Waals surface area contributed by atoms with Crippen molar-refractivity contribution in [3.8, 4) is 11.1 Å². The van der Waals surface area contributed by atoms with Gasteiger partial charge in [0.2, 0.25) is 0 Å². The topological polar surface area (TPSA) is 51.8 Å². The smallest absolute Gasteiger partial charge is 0.129 e. The highest BCUT2D eigenvalue weighted by Crippen LogP contribution is 2.18. The Morgan fingerprint density at radius 1 is 1.22 bits per heavy atom. The van der Waals surface area contributed by atoms with Crippen molar-refractivity contribution in [3.63, 3.8) is 0 Å². The molecule has 1 heterocycles. The molecular formula is C14H16FN3. The summed E-state index contributed by atoms with van der Waals surface area (Å²) >= 11 is 0. The molecule has 1 unspecified atom stereocenters. The Morgan fingerprint density at radius 2 is 1.94 bits per heavy atom. The fourth-order valence-corrected chi connectivity index (χ4v) is 1.66. The molecule has 0 aliphatic heterocycles. The SMILES string of the molecule is CCC(N)Cc1ncc(-c2cccc(F)c2)cn1. The summed E-state index contributed by atoms with van der Waals surface area (Å²) in [6, 6.07) is 6.48. The van der Waals surface area contributed by atoms with Crippen LogP contribution in [0.25, 0.3) is 11.1 Å². The van der Waals surface area contributed by atoms with Crippen molar-refractivity contribution in [2.45, 2.75) is 25.8 Å². The average Bonchev–Trinajstić information content (AvgIpc) is 2.39. The minimum Gasteiger partial charge on any atom is -0.327 e. The summed E-state index contributed by atoms with van der Waals surface area (Å²) in [6.45, 7) is 2.03. The number of halogens is 1. The van der Waals surface area contributed by atoms with Gasteiger partial charge in [0.1, 0.15) is 11.6 Å². The number of nitrogens with two attached hydrogens (primary N) is 1. The first-order valence-electron chi connectivity index (χ1n) is 6.01. The third kappa shape index (κ3) is 3.11. The quantitative estimate of drug-likeness (QED) is 0.900. The standard InChI is InChI=1S/C14H16FN3/c1-2-13(16)7-14-17-8-11(9-18-14)10-4-3-5-12(15)6-10/h3-6,8-9,13H,2,7,16H2,1H3. The zero-order valence-electron chi connectivity index (χ0n) is 10.3. The van der Waals surface area contributed by atoms with Gasteiger partial charge in [0.15, 0.2) is 0 Å². The number of aromatic nitrogens is 2. The van der Waals surface area contributed by atoms with Crippen LogP contribution in [0.4, 0.5) is 4.39 Å². The van der Waals surface area contributed by atoms with Crippen molar-refractivity contribution < 1.29 is 4.39 Å². The largest absolute Gasteiger partial charge is 0.327 e. The molecule has 1 aromatic heterocycles. The predicted molar refractivity (Wildman–Crippen MR) is 69.4 cm³/mol. The molecule has 2 rings (SSSR count). The van der Waals surface area contributed by atoms with Gasteiger partial charge in [-0.3, -0.25) is 0 Å². The first-order valence-corrected chi connectivity index (χ1v) is 6.01. The molecule has 0 radical (unpaired) electrons. The Bertz CT molecular complexity index is 511. The molecule has 0 aliphatic rings. The van der Waals surface area contributed by atoms with E-state index in [1.54, 1.807) is 18.5 Å². The van der Waals surface area contributed by atoms with Crippen molar-refractivity contribution in [2.75, 3.05) is 0 Å². The number of hydrogen-bond acceptors (Lipinski definition) is 3. The third-order valence-electron chi connectivity index (χ3n) is 2.83. The van der Waals surface area contributed by atoms with E-state index >= 15 is 0 Å². The Balaban J connectivity index is 2.17. The first-order chi connectivity index (χ1) is 8.69. The zero-order chi connectivity index (χ0) is 13.0. The van der Waals surface area contributed by atoms with Crippen LogP contribution >= 0.6 is 0 Å². The molecule has 0 amide bonds. The first kappa shape index (κ1) is 12.6. The van der Waals surface area contributed by atoms with Gasteiger partial charge in [-0.05, 0) is 24.1 Å². The second kappa shape index (κ2) is 5.69. The highest BCUT2D eigenvalue weighted by atomic mass is 19.1. The lowest BCUT2D eigenvalue weighted by molar-refractivity contribution is 0.624. The van der Waals surface area contributed by atoms with Gasteiger partial charge in [0.05, 0.1) is 0 Å². The molecule has 2 aromatic rings. The molecule has 0 saturated carbocycles. The number of rotatable bonds is 4. The van der Waals surface area contributed by atoms with Crippen LogP contribution in [-0.4, -0.2) is 16.0 Å². The minimum atomic E-state index is -0.260. The lowest BCUT2D eigenvalue weighted by Gasteiger charge is -2.07. The summed E-state index contributed by atoms with van der Waals surface area (Å²) in [5.41, 5.74) is 7.43. The van der Waals surface area contributed by atoms with E-state index in [1.165, 1.54) is 12.1 Å². The van der Waals surface area contributed by atoms with E-state index in [9.17, 15) is 4.39 Å². The van der Waals surface area contributed by atoms with Crippen molar-refractivity contribution in [1.82, 2.24) is 9.97 Å². The van der Waals surface area contributed by atoms with Crippen LogP contribution in [0.5, 0.6) is 0 Å². The zero-order valence-corrected chi connectivity index (χ0v) is 10.3.